The number of aryl methyl sites for hydroxylation is 1. The van der Waals surface area contributed by atoms with Crippen LogP contribution in [0, 0.1) is 13.8 Å². The van der Waals surface area contributed by atoms with E-state index < -0.39 is 0 Å². The zero-order valence-corrected chi connectivity index (χ0v) is 18.9. The fourth-order valence-corrected chi connectivity index (χ4v) is 5.34. The number of nitrogens with zero attached hydrogens (tertiary/aromatic N) is 2. The van der Waals surface area contributed by atoms with Gasteiger partial charge in [-0.05, 0) is 57.7 Å². The van der Waals surface area contributed by atoms with E-state index >= 15 is 0 Å². The second-order valence-electron chi connectivity index (χ2n) is 9.21. The highest BCUT2D eigenvalue weighted by molar-refractivity contribution is 6.05. The van der Waals surface area contributed by atoms with Crippen LogP contribution in [0.1, 0.15) is 86.0 Å². The Morgan fingerprint density at radius 3 is 2.16 bits per heavy atom. The lowest BCUT2D eigenvalue weighted by atomic mass is 9.93. The van der Waals surface area contributed by atoms with Crippen molar-refractivity contribution < 1.29 is 9.59 Å². The third-order valence-electron chi connectivity index (χ3n) is 6.99. The Hall–Kier alpha value is -2.56. The summed E-state index contributed by atoms with van der Waals surface area (Å²) in [7, 11) is 0. The molecule has 31 heavy (non-hydrogen) atoms. The van der Waals surface area contributed by atoms with Gasteiger partial charge in [-0.2, -0.15) is 0 Å². The van der Waals surface area contributed by atoms with E-state index in [9.17, 15) is 9.59 Å². The second kappa shape index (κ2) is 9.71. The summed E-state index contributed by atoms with van der Waals surface area (Å²) >= 11 is 0. The highest BCUT2D eigenvalue weighted by Gasteiger charge is 2.34. The van der Waals surface area contributed by atoms with Crippen LogP contribution in [0.4, 0.5) is 4.79 Å². The first kappa shape index (κ1) is 21.7. The van der Waals surface area contributed by atoms with Crippen LogP contribution in [0.3, 0.4) is 0 Å². The van der Waals surface area contributed by atoms with Crippen LogP contribution >= 0.6 is 0 Å². The smallest absolute Gasteiger partial charge is 0.324 e. The minimum Gasteiger partial charge on any atom is -0.335 e. The van der Waals surface area contributed by atoms with E-state index in [1.807, 2.05) is 50.2 Å². The number of rotatable bonds is 4. The van der Waals surface area contributed by atoms with E-state index in [0.29, 0.717) is 5.56 Å². The number of aromatic nitrogens is 1. The summed E-state index contributed by atoms with van der Waals surface area (Å²) in [6, 6.07) is 12.0. The van der Waals surface area contributed by atoms with Gasteiger partial charge in [-0.1, -0.05) is 56.7 Å². The Bertz CT molecular complexity index is 906. The van der Waals surface area contributed by atoms with Crippen molar-refractivity contribution in [3.8, 4) is 5.69 Å². The van der Waals surface area contributed by atoms with Crippen molar-refractivity contribution in [2.45, 2.75) is 90.1 Å². The normalized spacial score (nSPS) is 18.0. The number of hydrogen-bond donors (Lipinski definition) is 1. The Balaban J connectivity index is 1.63. The van der Waals surface area contributed by atoms with E-state index in [4.69, 9.17) is 0 Å². The number of hydrogen-bond acceptors (Lipinski definition) is 2. The van der Waals surface area contributed by atoms with E-state index in [0.717, 1.165) is 68.4 Å². The Morgan fingerprint density at radius 2 is 1.52 bits per heavy atom. The van der Waals surface area contributed by atoms with Crippen molar-refractivity contribution >= 4 is 11.9 Å². The third-order valence-corrected chi connectivity index (χ3v) is 6.99. The number of benzene rings is 1. The molecule has 3 amide bonds. The van der Waals surface area contributed by atoms with Crippen LogP contribution in [0.5, 0.6) is 0 Å². The first-order valence-corrected chi connectivity index (χ1v) is 11.9. The highest BCUT2D eigenvalue weighted by Crippen LogP contribution is 2.28. The van der Waals surface area contributed by atoms with Crippen LogP contribution < -0.4 is 5.32 Å². The first-order chi connectivity index (χ1) is 15.1. The van der Waals surface area contributed by atoms with Gasteiger partial charge in [0.15, 0.2) is 0 Å². The highest BCUT2D eigenvalue weighted by atomic mass is 16.2. The van der Waals surface area contributed by atoms with Crippen LogP contribution in [-0.2, 0) is 0 Å². The maximum absolute atomic E-state index is 13.8. The molecule has 1 heterocycles. The molecule has 0 saturated heterocycles. The Kier molecular flexibility index (Phi) is 6.79. The van der Waals surface area contributed by atoms with E-state index in [1.165, 1.54) is 12.8 Å². The van der Waals surface area contributed by atoms with Gasteiger partial charge in [0, 0.05) is 29.2 Å². The molecule has 0 aliphatic heterocycles. The number of imide groups is 1. The van der Waals surface area contributed by atoms with Crippen molar-refractivity contribution in [3.05, 3.63) is 53.3 Å². The van der Waals surface area contributed by atoms with Gasteiger partial charge in [0.25, 0.3) is 5.91 Å². The Morgan fingerprint density at radius 1 is 0.903 bits per heavy atom. The van der Waals surface area contributed by atoms with Crippen molar-refractivity contribution in [2.75, 3.05) is 0 Å². The first-order valence-electron chi connectivity index (χ1n) is 11.9. The third kappa shape index (κ3) is 4.70. The lowest BCUT2D eigenvalue weighted by Crippen LogP contribution is -2.53. The number of para-hydroxylation sites is 1. The predicted octanol–water partition coefficient (Wildman–Crippen LogP) is 5.91. The molecule has 2 fully saturated rings. The van der Waals surface area contributed by atoms with Gasteiger partial charge < -0.3 is 9.88 Å². The molecule has 0 bridgehead atoms. The van der Waals surface area contributed by atoms with Crippen LogP contribution in [-0.4, -0.2) is 33.5 Å². The van der Waals surface area contributed by atoms with Gasteiger partial charge in [0.2, 0.25) is 0 Å². The maximum Gasteiger partial charge on any atom is 0.324 e. The summed E-state index contributed by atoms with van der Waals surface area (Å²) in [6.45, 7) is 4.00. The average molecular weight is 422 g/mol. The fraction of sp³-hybridized carbons (Fsp3) is 0.538. The van der Waals surface area contributed by atoms with Crippen molar-refractivity contribution in [1.82, 2.24) is 14.8 Å². The molecule has 0 radical (unpaired) electrons. The number of carbonyl (C=O) groups excluding carboxylic acids is 2. The van der Waals surface area contributed by atoms with Crippen molar-refractivity contribution in [3.63, 3.8) is 0 Å². The van der Waals surface area contributed by atoms with Crippen molar-refractivity contribution in [2.24, 2.45) is 0 Å². The SMILES string of the molecule is Cc1cc(C(=O)N(C(=O)NC2CCCCC2)C2CCCCC2)c(C)n1-c1ccccc1. The van der Waals surface area contributed by atoms with Gasteiger partial charge in [0.05, 0.1) is 5.56 Å². The van der Waals surface area contributed by atoms with E-state index in [2.05, 4.69) is 9.88 Å². The zero-order chi connectivity index (χ0) is 21.8. The fourth-order valence-electron chi connectivity index (χ4n) is 5.34. The van der Waals surface area contributed by atoms with E-state index in [-0.39, 0.29) is 24.0 Å². The largest absolute Gasteiger partial charge is 0.335 e. The topological polar surface area (TPSA) is 54.3 Å². The molecular weight excluding hydrogens is 386 g/mol. The molecule has 1 N–H and O–H groups in total. The average Bonchev–Trinajstić information content (AvgIpc) is 3.09. The summed E-state index contributed by atoms with van der Waals surface area (Å²) < 4.78 is 2.10. The number of urea groups is 1. The van der Waals surface area contributed by atoms with Gasteiger partial charge in [0.1, 0.15) is 0 Å². The predicted molar refractivity (Wildman–Crippen MR) is 124 cm³/mol. The molecule has 1 aromatic carbocycles. The number of nitrogens with one attached hydrogen (secondary N) is 1. The molecule has 5 nitrogen and oxygen atoms in total. The molecule has 2 aliphatic carbocycles. The molecule has 0 atom stereocenters. The van der Waals surface area contributed by atoms with Gasteiger partial charge in [-0.3, -0.25) is 9.69 Å². The minimum atomic E-state index is -0.201. The second-order valence-corrected chi connectivity index (χ2v) is 9.21. The molecule has 5 heteroatoms. The van der Waals surface area contributed by atoms with E-state index in [1.54, 1.807) is 4.90 Å². The van der Waals surface area contributed by atoms with Gasteiger partial charge >= 0.3 is 6.03 Å². The standard InChI is InChI=1S/C26H35N3O2/c1-19-18-24(20(2)28(19)22-14-8-4-9-15-22)25(30)29(23-16-10-5-11-17-23)26(31)27-21-12-6-3-7-13-21/h4,8-9,14-15,18,21,23H,3,5-7,10-13,16-17H2,1-2H3,(H,27,31). The van der Waals surface area contributed by atoms with Gasteiger partial charge in [-0.25, -0.2) is 4.79 Å². The Labute approximate surface area is 185 Å². The molecule has 2 saturated carbocycles. The maximum atomic E-state index is 13.8. The summed E-state index contributed by atoms with van der Waals surface area (Å²) in [6.07, 6.45) is 10.7. The van der Waals surface area contributed by atoms with Gasteiger partial charge in [-0.15, -0.1) is 0 Å². The number of amides is 3. The molecule has 4 rings (SSSR count). The summed E-state index contributed by atoms with van der Waals surface area (Å²) in [4.78, 5) is 28.7. The van der Waals surface area contributed by atoms with Crippen molar-refractivity contribution in [1.29, 1.82) is 0 Å². The quantitative estimate of drug-likeness (QED) is 0.667. The minimum absolute atomic E-state index is 0.00961. The molecule has 166 valence electrons. The van der Waals surface area contributed by atoms with Crippen LogP contribution in [0.2, 0.25) is 0 Å². The molecule has 0 spiro atoms. The lowest BCUT2D eigenvalue weighted by molar-refractivity contribution is 0.0701. The monoisotopic (exact) mass is 421 g/mol. The molecule has 2 aromatic rings. The zero-order valence-electron chi connectivity index (χ0n) is 18.9. The molecule has 0 unspecified atom stereocenters. The summed E-state index contributed by atoms with van der Waals surface area (Å²) in [5, 5.41) is 3.20. The van der Waals surface area contributed by atoms with Crippen LogP contribution in [0.15, 0.2) is 36.4 Å². The molecule has 1 aromatic heterocycles. The summed E-state index contributed by atoms with van der Waals surface area (Å²) in [5.41, 5.74) is 3.56. The molecule has 2 aliphatic rings. The molecular formula is C26H35N3O2. The summed E-state index contributed by atoms with van der Waals surface area (Å²) in [5.74, 6) is -0.157. The number of carbonyl (C=O) groups is 2. The van der Waals surface area contributed by atoms with Crippen LogP contribution in [0.25, 0.3) is 5.69 Å². The lowest BCUT2D eigenvalue weighted by Gasteiger charge is -2.34.